The van der Waals surface area contributed by atoms with E-state index in [1.165, 1.54) is 0 Å². The van der Waals surface area contributed by atoms with Gasteiger partial charge in [-0.1, -0.05) is 31.9 Å². The van der Waals surface area contributed by atoms with E-state index >= 15 is 0 Å². The van der Waals surface area contributed by atoms with Crippen molar-refractivity contribution in [2.24, 2.45) is 0 Å². The monoisotopic (exact) mass is 300 g/mol. The molecule has 0 bridgehead atoms. The molecular formula is C8H14Br2O2. The quantitative estimate of drug-likeness (QED) is 0.764. The largest absolute Gasteiger partial charge is 0.389 e. The van der Waals surface area contributed by atoms with Gasteiger partial charge in [0.15, 0.2) is 0 Å². The van der Waals surface area contributed by atoms with Crippen molar-refractivity contribution < 1.29 is 10.2 Å². The van der Waals surface area contributed by atoms with Gasteiger partial charge in [0.05, 0.1) is 11.2 Å². The molecule has 1 fully saturated rings. The summed E-state index contributed by atoms with van der Waals surface area (Å²) in [6.45, 7) is 0. The lowest BCUT2D eigenvalue weighted by molar-refractivity contribution is -0.0560. The minimum atomic E-state index is -0.589. The molecule has 0 radical (unpaired) electrons. The minimum absolute atomic E-state index is 0.589. The summed E-state index contributed by atoms with van der Waals surface area (Å²) < 4.78 is 0. The fourth-order valence-corrected chi connectivity index (χ4v) is 2.57. The highest BCUT2D eigenvalue weighted by molar-refractivity contribution is 9.09. The molecule has 1 saturated carbocycles. The molecule has 72 valence electrons. The van der Waals surface area contributed by atoms with Crippen LogP contribution in [0.15, 0.2) is 0 Å². The van der Waals surface area contributed by atoms with Gasteiger partial charge in [-0.25, -0.2) is 0 Å². The van der Waals surface area contributed by atoms with E-state index in [9.17, 15) is 10.2 Å². The molecule has 0 aromatic heterocycles. The lowest BCUT2D eigenvalue weighted by Gasteiger charge is -2.39. The van der Waals surface area contributed by atoms with Gasteiger partial charge in [0.1, 0.15) is 0 Å². The van der Waals surface area contributed by atoms with Crippen LogP contribution in [-0.2, 0) is 0 Å². The van der Waals surface area contributed by atoms with Gasteiger partial charge in [-0.3, -0.25) is 0 Å². The summed E-state index contributed by atoms with van der Waals surface area (Å²) in [6, 6.07) is 0. The van der Waals surface area contributed by atoms with E-state index in [1.54, 1.807) is 0 Å². The van der Waals surface area contributed by atoms with E-state index in [0.29, 0.717) is 36.3 Å². The first-order valence-electron chi connectivity index (χ1n) is 4.10. The van der Waals surface area contributed by atoms with Crippen LogP contribution in [0.5, 0.6) is 0 Å². The summed E-state index contributed by atoms with van der Waals surface area (Å²) in [7, 11) is 0. The summed E-state index contributed by atoms with van der Waals surface area (Å²) >= 11 is 6.57. The normalized spacial score (nSPS) is 43.0. The minimum Gasteiger partial charge on any atom is -0.389 e. The Morgan fingerprint density at radius 2 is 1.08 bits per heavy atom. The maximum Gasteiger partial charge on any atom is 0.0746 e. The smallest absolute Gasteiger partial charge is 0.0746 e. The van der Waals surface area contributed by atoms with Crippen LogP contribution in [0.4, 0.5) is 0 Å². The predicted molar refractivity (Wildman–Crippen MR) is 56.0 cm³/mol. The molecule has 0 amide bonds. The fraction of sp³-hybridized carbons (Fsp3) is 1.00. The van der Waals surface area contributed by atoms with Crippen molar-refractivity contribution in [3.63, 3.8) is 0 Å². The molecule has 0 aromatic carbocycles. The molecule has 0 heterocycles. The topological polar surface area (TPSA) is 40.5 Å². The number of aliphatic hydroxyl groups is 2. The molecule has 0 atom stereocenters. The van der Waals surface area contributed by atoms with Crippen LogP contribution in [0.1, 0.15) is 25.7 Å². The van der Waals surface area contributed by atoms with Gasteiger partial charge in [-0.05, 0) is 25.7 Å². The summed E-state index contributed by atoms with van der Waals surface area (Å²) in [5, 5.41) is 20.9. The van der Waals surface area contributed by atoms with E-state index in [4.69, 9.17) is 0 Å². The molecule has 2 N–H and O–H groups in total. The third kappa shape index (κ3) is 2.44. The van der Waals surface area contributed by atoms with Crippen LogP contribution in [0, 0.1) is 0 Å². The van der Waals surface area contributed by atoms with E-state index in [-0.39, 0.29) is 0 Å². The standard InChI is InChI=1S/C8H14Br2O2/c9-5-7(11)1-2-8(12,6-10)4-3-7/h11-12H,1-6H2. The maximum absolute atomic E-state index is 9.83. The van der Waals surface area contributed by atoms with E-state index in [1.807, 2.05) is 0 Å². The SMILES string of the molecule is OC1(CBr)CCC(O)(CBr)CC1. The fourth-order valence-electron chi connectivity index (χ4n) is 1.45. The van der Waals surface area contributed by atoms with Gasteiger partial charge in [-0.2, -0.15) is 0 Å². The van der Waals surface area contributed by atoms with Crippen LogP contribution >= 0.6 is 31.9 Å². The molecule has 0 aliphatic heterocycles. The summed E-state index contributed by atoms with van der Waals surface area (Å²) in [5.74, 6) is 0. The molecule has 12 heavy (non-hydrogen) atoms. The first kappa shape index (κ1) is 11.0. The number of alkyl halides is 2. The predicted octanol–water partition coefficient (Wildman–Crippen LogP) is 1.81. The third-order valence-electron chi connectivity index (χ3n) is 2.61. The Kier molecular flexibility index (Phi) is 3.60. The molecule has 1 rings (SSSR count). The number of halogens is 2. The van der Waals surface area contributed by atoms with Crippen molar-refractivity contribution >= 4 is 31.9 Å². The molecule has 0 spiro atoms. The van der Waals surface area contributed by atoms with Gasteiger partial charge in [0.25, 0.3) is 0 Å². The van der Waals surface area contributed by atoms with Crippen LogP contribution in [0.3, 0.4) is 0 Å². The molecule has 4 heteroatoms. The van der Waals surface area contributed by atoms with Crippen molar-refractivity contribution in [1.29, 1.82) is 0 Å². The summed E-state index contributed by atoms with van der Waals surface area (Å²) in [5.41, 5.74) is -1.18. The van der Waals surface area contributed by atoms with Gasteiger partial charge >= 0.3 is 0 Å². The Morgan fingerprint density at radius 1 is 0.833 bits per heavy atom. The lowest BCUT2D eigenvalue weighted by atomic mass is 9.78. The molecule has 1 aliphatic rings. The summed E-state index contributed by atoms with van der Waals surface area (Å²) in [4.78, 5) is 0. The Balaban J connectivity index is 2.49. The Bertz CT molecular complexity index is 135. The molecule has 1 aliphatic carbocycles. The van der Waals surface area contributed by atoms with Gasteiger partial charge in [0.2, 0.25) is 0 Å². The zero-order valence-corrected chi connectivity index (χ0v) is 10.1. The first-order valence-corrected chi connectivity index (χ1v) is 6.35. The second kappa shape index (κ2) is 3.95. The first-order chi connectivity index (χ1) is 5.54. The third-order valence-corrected chi connectivity index (χ3v) is 4.70. The second-order valence-electron chi connectivity index (χ2n) is 3.72. The van der Waals surface area contributed by atoms with Crippen LogP contribution in [0.2, 0.25) is 0 Å². The lowest BCUT2D eigenvalue weighted by Crippen LogP contribution is -2.44. The second-order valence-corrected chi connectivity index (χ2v) is 4.84. The maximum atomic E-state index is 9.83. The van der Waals surface area contributed by atoms with Crippen molar-refractivity contribution in [2.75, 3.05) is 10.7 Å². The zero-order valence-electron chi connectivity index (χ0n) is 6.89. The Morgan fingerprint density at radius 3 is 1.25 bits per heavy atom. The van der Waals surface area contributed by atoms with E-state index in [2.05, 4.69) is 31.9 Å². The van der Waals surface area contributed by atoms with Gasteiger partial charge < -0.3 is 10.2 Å². The number of rotatable bonds is 2. The highest BCUT2D eigenvalue weighted by Gasteiger charge is 2.39. The van der Waals surface area contributed by atoms with Crippen molar-refractivity contribution in [3.8, 4) is 0 Å². The average Bonchev–Trinajstić information content (AvgIpc) is 2.11. The van der Waals surface area contributed by atoms with Crippen LogP contribution < -0.4 is 0 Å². The molecule has 2 nitrogen and oxygen atoms in total. The van der Waals surface area contributed by atoms with Crippen molar-refractivity contribution in [2.45, 2.75) is 36.9 Å². The van der Waals surface area contributed by atoms with E-state index in [0.717, 1.165) is 0 Å². The highest BCUT2D eigenvalue weighted by Crippen LogP contribution is 2.36. The highest BCUT2D eigenvalue weighted by atomic mass is 79.9. The van der Waals surface area contributed by atoms with Gasteiger partial charge in [-0.15, -0.1) is 0 Å². The zero-order chi connectivity index (χ0) is 9.24. The molecule has 0 unspecified atom stereocenters. The van der Waals surface area contributed by atoms with Crippen molar-refractivity contribution in [3.05, 3.63) is 0 Å². The molecular weight excluding hydrogens is 288 g/mol. The Labute approximate surface area is 89.6 Å². The molecule has 0 saturated heterocycles. The van der Waals surface area contributed by atoms with Crippen LogP contribution in [0.25, 0.3) is 0 Å². The van der Waals surface area contributed by atoms with E-state index < -0.39 is 11.2 Å². The van der Waals surface area contributed by atoms with Gasteiger partial charge in [0, 0.05) is 10.7 Å². The number of hydrogen-bond acceptors (Lipinski definition) is 2. The Hall–Kier alpha value is 0.880. The average molecular weight is 302 g/mol. The number of hydrogen-bond donors (Lipinski definition) is 2. The molecule has 0 aromatic rings. The van der Waals surface area contributed by atoms with Crippen molar-refractivity contribution in [1.82, 2.24) is 0 Å². The van der Waals surface area contributed by atoms with Crippen LogP contribution in [-0.4, -0.2) is 32.1 Å². The summed E-state index contributed by atoms with van der Waals surface area (Å²) in [6.07, 6.45) is 2.72.